The molecule has 3 rings (SSSR count). The van der Waals surface area contributed by atoms with E-state index in [-0.39, 0.29) is 11.7 Å². The first-order valence-electron chi connectivity index (χ1n) is 7.37. The van der Waals surface area contributed by atoms with Gasteiger partial charge in [0.25, 0.3) is 0 Å². The number of hydrogen-bond donors (Lipinski definition) is 0. The fourth-order valence-corrected chi connectivity index (χ4v) is 2.90. The summed E-state index contributed by atoms with van der Waals surface area (Å²) in [6.07, 6.45) is 3.01. The van der Waals surface area contributed by atoms with Crippen LogP contribution in [0.2, 0.25) is 0 Å². The SMILES string of the molecule is CC1(C)CCC(COc2ccc3ccccc3c2C=O)O1. The first-order valence-corrected chi connectivity index (χ1v) is 7.37. The zero-order valence-corrected chi connectivity index (χ0v) is 12.5. The van der Waals surface area contributed by atoms with E-state index in [1.54, 1.807) is 0 Å². The van der Waals surface area contributed by atoms with Crippen LogP contribution in [0.5, 0.6) is 5.75 Å². The highest BCUT2D eigenvalue weighted by atomic mass is 16.6. The van der Waals surface area contributed by atoms with E-state index in [4.69, 9.17) is 9.47 Å². The molecule has 1 aliphatic heterocycles. The molecule has 1 atom stereocenters. The van der Waals surface area contributed by atoms with E-state index in [1.807, 2.05) is 36.4 Å². The van der Waals surface area contributed by atoms with Crippen LogP contribution in [-0.4, -0.2) is 24.6 Å². The molecule has 0 aliphatic carbocycles. The highest BCUT2D eigenvalue weighted by Crippen LogP contribution is 2.31. The van der Waals surface area contributed by atoms with Gasteiger partial charge in [0.1, 0.15) is 12.4 Å². The minimum Gasteiger partial charge on any atom is -0.490 e. The maximum Gasteiger partial charge on any atom is 0.154 e. The Morgan fingerprint density at radius 1 is 1.29 bits per heavy atom. The van der Waals surface area contributed by atoms with Crippen LogP contribution in [0.25, 0.3) is 10.8 Å². The average Bonchev–Trinajstić information content (AvgIpc) is 2.83. The molecule has 21 heavy (non-hydrogen) atoms. The smallest absolute Gasteiger partial charge is 0.154 e. The molecule has 2 aromatic rings. The van der Waals surface area contributed by atoms with E-state index in [2.05, 4.69) is 13.8 Å². The zero-order valence-electron chi connectivity index (χ0n) is 12.5. The lowest BCUT2D eigenvalue weighted by molar-refractivity contribution is -0.0327. The van der Waals surface area contributed by atoms with Gasteiger partial charge in [-0.2, -0.15) is 0 Å². The Hall–Kier alpha value is -1.87. The Kier molecular flexibility index (Phi) is 3.68. The van der Waals surface area contributed by atoms with E-state index >= 15 is 0 Å². The summed E-state index contributed by atoms with van der Waals surface area (Å²) < 4.78 is 11.8. The molecule has 0 N–H and O–H groups in total. The highest BCUT2D eigenvalue weighted by molar-refractivity contribution is 6.00. The lowest BCUT2D eigenvalue weighted by Gasteiger charge is -2.20. The zero-order chi connectivity index (χ0) is 14.9. The first-order chi connectivity index (χ1) is 10.1. The van der Waals surface area contributed by atoms with Crippen molar-refractivity contribution in [3.8, 4) is 5.75 Å². The molecule has 3 heteroatoms. The van der Waals surface area contributed by atoms with Gasteiger partial charge in [0.05, 0.1) is 17.3 Å². The normalized spacial score (nSPS) is 20.6. The van der Waals surface area contributed by atoms with Crippen molar-refractivity contribution in [1.29, 1.82) is 0 Å². The van der Waals surface area contributed by atoms with E-state index in [0.29, 0.717) is 17.9 Å². The molecule has 0 amide bonds. The largest absolute Gasteiger partial charge is 0.490 e. The maximum absolute atomic E-state index is 11.4. The molecule has 1 aliphatic rings. The summed E-state index contributed by atoms with van der Waals surface area (Å²) in [5.41, 5.74) is 0.551. The van der Waals surface area contributed by atoms with Crippen molar-refractivity contribution in [1.82, 2.24) is 0 Å². The number of benzene rings is 2. The van der Waals surface area contributed by atoms with Crippen molar-refractivity contribution in [2.45, 2.75) is 38.4 Å². The molecule has 3 nitrogen and oxygen atoms in total. The minimum absolute atomic E-state index is 0.0646. The fraction of sp³-hybridized carbons (Fsp3) is 0.389. The van der Waals surface area contributed by atoms with Crippen LogP contribution in [0.3, 0.4) is 0 Å². The van der Waals surface area contributed by atoms with Crippen LogP contribution in [0.4, 0.5) is 0 Å². The van der Waals surface area contributed by atoms with E-state index < -0.39 is 0 Å². The monoisotopic (exact) mass is 284 g/mol. The molecular weight excluding hydrogens is 264 g/mol. The molecule has 1 saturated heterocycles. The predicted octanol–water partition coefficient (Wildman–Crippen LogP) is 3.99. The Labute approximate surface area is 124 Å². The molecule has 110 valence electrons. The van der Waals surface area contributed by atoms with Gasteiger partial charge in [-0.3, -0.25) is 4.79 Å². The lowest BCUT2D eigenvalue weighted by atomic mass is 10.0. The number of aldehydes is 1. The Balaban J connectivity index is 1.79. The summed E-state index contributed by atoms with van der Waals surface area (Å²) >= 11 is 0. The summed E-state index contributed by atoms with van der Waals surface area (Å²) in [5.74, 6) is 0.636. The van der Waals surface area contributed by atoms with Crippen LogP contribution in [0, 0.1) is 0 Å². The molecule has 0 spiro atoms. The van der Waals surface area contributed by atoms with Gasteiger partial charge in [-0.25, -0.2) is 0 Å². The van der Waals surface area contributed by atoms with Gasteiger partial charge in [-0.15, -0.1) is 0 Å². The second kappa shape index (κ2) is 5.49. The highest BCUT2D eigenvalue weighted by Gasteiger charge is 2.32. The number of ether oxygens (including phenoxy) is 2. The fourth-order valence-electron chi connectivity index (χ4n) is 2.90. The average molecular weight is 284 g/mol. The van der Waals surface area contributed by atoms with Gasteiger partial charge in [-0.1, -0.05) is 30.3 Å². The summed E-state index contributed by atoms with van der Waals surface area (Å²) in [6.45, 7) is 4.68. The molecule has 0 radical (unpaired) electrons. The van der Waals surface area contributed by atoms with Crippen LogP contribution in [0.15, 0.2) is 36.4 Å². The summed E-state index contributed by atoms with van der Waals surface area (Å²) in [6, 6.07) is 11.7. The molecular formula is C18H20O3. The van der Waals surface area contributed by atoms with Crippen molar-refractivity contribution in [3.05, 3.63) is 42.0 Å². The summed E-state index contributed by atoms with van der Waals surface area (Å²) in [5, 5.41) is 1.97. The molecule has 1 fully saturated rings. The van der Waals surface area contributed by atoms with Gasteiger partial charge in [0.15, 0.2) is 6.29 Å². The van der Waals surface area contributed by atoms with Crippen molar-refractivity contribution in [3.63, 3.8) is 0 Å². The Morgan fingerprint density at radius 2 is 2.10 bits per heavy atom. The third-order valence-electron chi connectivity index (χ3n) is 4.03. The van der Waals surface area contributed by atoms with Crippen molar-refractivity contribution in [2.75, 3.05) is 6.61 Å². The molecule has 1 heterocycles. The van der Waals surface area contributed by atoms with E-state index in [9.17, 15) is 4.79 Å². The van der Waals surface area contributed by atoms with Crippen molar-refractivity contribution >= 4 is 17.1 Å². The Morgan fingerprint density at radius 3 is 2.81 bits per heavy atom. The standard InChI is InChI=1S/C18H20O3/c1-18(2)10-9-14(21-18)12-20-17-8-7-13-5-3-4-6-15(13)16(17)11-19/h3-8,11,14H,9-10,12H2,1-2H3. The second-order valence-corrected chi connectivity index (χ2v) is 6.17. The number of rotatable bonds is 4. The quantitative estimate of drug-likeness (QED) is 0.796. The van der Waals surface area contributed by atoms with Gasteiger partial charge in [0, 0.05) is 0 Å². The van der Waals surface area contributed by atoms with E-state index in [1.165, 1.54) is 0 Å². The van der Waals surface area contributed by atoms with Crippen LogP contribution in [-0.2, 0) is 4.74 Å². The van der Waals surface area contributed by atoms with Crippen molar-refractivity contribution < 1.29 is 14.3 Å². The number of hydrogen-bond acceptors (Lipinski definition) is 3. The number of carbonyl (C=O) groups is 1. The minimum atomic E-state index is -0.0646. The maximum atomic E-state index is 11.4. The molecule has 1 unspecified atom stereocenters. The van der Waals surface area contributed by atoms with Crippen molar-refractivity contribution in [2.24, 2.45) is 0 Å². The lowest BCUT2D eigenvalue weighted by Crippen LogP contribution is -2.24. The molecule has 0 saturated carbocycles. The number of carbonyl (C=O) groups excluding carboxylic acids is 1. The van der Waals surface area contributed by atoms with Gasteiger partial charge < -0.3 is 9.47 Å². The first kappa shape index (κ1) is 14.1. The summed E-state index contributed by atoms with van der Waals surface area (Å²) in [7, 11) is 0. The third kappa shape index (κ3) is 2.93. The molecule has 0 bridgehead atoms. The third-order valence-corrected chi connectivity index (χ3v) is 4.03. The van der Waals surface area contributed by atoms with Gasteiger partial charge in [0.2, 0.25) is 0 Å². The molecule has 0 aromatic heterocycles. The second-order valence-electron chi connectivity index (χ2n) is 6.17. The topological polar surface area (TPSA) is 35.5 Å². The summed E-state index contributed by atoms with van der Waals surface area (Å²) in [4.78, 5) is 11.4. The van der Waals surface area contributed by atoms with E-state index in [0.717, 1.165) is 29.9 Å². The van der Waals surface area contributed by atoms with Gasteiger partial charge in [-0.05, 0) is 43.5 Å². The van der Waals surface area contributed by atoms with Crippen LogP contribution in [0.1, 0.15) is 37.0 Å². The predicted molar refractivity (Wildman–Crippen MR) is 83.0 cm³/mol. The van der Waals surface area contributed by atoms with Crippen LogP contribution >= 0.6 is 0 Å². The number of fused-ring (bicyclic) bond motifs is 1. The Bertz CT molecular complexity index is 661. The van der Waals surface area contributed by atoms with Crippen LogP contribution < -0.4 is 4.74 Å². The molecule has 2 aromatic carbocycles. The van der Waals surface area contributed by atoms with Gasteiger partial charge >= 0.3 is 0 Å².